The van der Waals surface area contributed by atoms with Gasteiger partial charge in [0.1, 0.15) is 0 Å². The summed E-state index contributed by atoms with van der Waals surface area (Å²) in [6, 6.07) is 8.03. The average molecular weight is 246 g/mol. The number of hydrogen-bond donors (Lipinski definition) is 0. The standard InChI is InChI=1S/C13H16N2O.C2H6/c1-14-8-7-13(9-14)11-6-4-3-5-10(11)12(16)15(13)2;1-2/h3-6H,7-9H2,1-2H3;1-2H3. The second kappa shape index (κ2) is 4.73. The molecule has 98 valence electrons. The van der Waals surface area contributed by atoms with Crippen molar-refractivity contribution in [2.24, 2.45) is 0 Å². The van der Waals surface area contributed by atoms with Crippen LogP contribution in [0.15, 0.2) is 24.3 Å². The molecule has 0 aliphatic carbocycles. The van der Waals surface area contributed by atoms with Crippen LogP contribution in [0.4, 0.5) is 0 Å². The van der Waals surface area contributed by atoms with Gasteiger partial charge in [0.25, 0.3) is 5.91 Å². The van der Waals surface area contributed by atoms with Gasteiger partial charge in [-0.05, 0) is 25.1 Å². The Balaban J connectivity index is 0.000000574. The van der Waals surface area contributed by atoms with Gasteiger partial charge in [0.2, 0.25) is 0 Å². The van der Waals surface area contributed by atoms with E-state index in [-0.39, 0.29) is 11.4 Å². The molecule has 3 rings (SSSR count). The number of carbonyl (C=O) groups is 1. The third-order valence-electron chi connectivity index (χ3n) is 4.04. The first-order valence-electron chi connectivity index (χ1n) is 6.71. The lowest BCUT2D eigenvalue weighted by Crippen LogP contribution is -2.42. The fourth-order valence-electron chi connectivity index (χ4n) is 3.11. The lowest BCUT2D eigenvalue weighted by molar-refractivity contribution is 0.0648. The van der Waals surface area contributed by atoms with Gasteiger partial charge >= 0.3 is 0 Å². The molecule has 0 N–H and O–H groups in total. The smallest absolute Gasteiger partial charge is 0.254 e. The number of amides is 1. The van der Waals surface area contributed by atoms with Crippen LogP contribution in [0.1, 0.15) is 36.2 Å². The summed E-state index contributed by atoms with van der Waals surface area (Å²) in [5.74, 6) is 0.172. The van der Waals surface area contributed by atoms with Gasteiger partial charge in [-0.3, -0.25) is 4.79 Å². The molecular formula is C15H22N2O. The molecule has 18 heavy (non-hydrogen) atoms. The average Bonchev–Trinajstić information content (AvgIpc) is 2.90. The van der Waals surface area contributed by atoms with Crippen molar-refractivity contribution < 1.29 is 4.79 Å². The zero-order valence-electron chi connectivity index (χ0n) is 11.7. The fraction of sp³-hybridized carbons (Fsp3) is 0.533. The number of rotatable bonds is 0. The number of nitrogens with zero attached hydrogens (tertiary/aromatic N) is 2. The van der Waals surface area contributed by atoms with Crippen LogP contribution in [-0.2, 0) is 5.54 Å². The lowest BCUT2D eigenvalue weighted by Gasteiger charge is -2.32. The summed E-state index contributed by atoms with van der Waals surface area (Å²) in [6.45, 7) is 6.01. The molecule has 1 saturated heterocycles. The topological polar surface area (TPSA) is 23.6 Å². The van der Waals surface area contributed by atoms with Crippen LogP contribution >= 0.6 is 0 Å². The highest BCUT2D eigenvalue weighted by molar-refractivity contribution is 6.00. The molecule has 0 radical (unpaired) electrons. The van der Waals surface area contributed by atoms with Crippen molar-refractivity contribution in [1.82, 2.24) is 9.80 Å². The van der Waals surface area contributed by atoms with Crippen molar-refractivity contribution in [3.05, 3.63) is 35.4 Å². The van der Waals surface area contributed by atoms with Crippen molar-refractivity contribution in [2.45, 2.75) is 25.8 Å². The van der Waals surface area contributed by atoms with Gasteiger partial charge in [0.15, 0.2) is 0 Å². The van der Waals surface area contributed by atoms with E-state index in [1.165, 1.54) is 5.56 Å². The third kappa shape index (κ3) is 1.65. The maximum atomic E-state index is 12.2. The van der Waals surface area contributed by atoms with Gasteiger partial charge in [-0.2, -0.15) is 0 Å². The van der Waals surface area contributed by atoms with Crippen LogP contribution in [0.2, 0.25) is 0 Å². The Morgan fingerprint density at radius 1 is 1.17 bits per heavy atom. The van der Waals surface area contributed by atoms with E-state index >= 15 is 0 Å². The van der Waals surface area contributed by atoms with Gasteiger partial charge < -0.3 is 9.80 Å². The van der Waals surface area contributed by atoms with Crippen LogP contribution in [0.25, 0.3) is 0 Å². The van der Waals surface area contributed by atoms with Crippen LogP contribution in [0.5, 0.6) is 0 Å². The molecule has 1 aromatic rings. The van der Waals surface area contributed by atoms with E-state index < -0.39 is 0 Å². The van der Waals surface area contributed by atoms with Crippen LogP contribution in [0, 0.1) is 0 Å². The van der Waals surface area contributed by atoms with E-state index in [4.69, 9.17) is 0 Å². The Labute approximate surface area is 109 Å². The van der Waals surface area contributed by atoms with Gasteiger partial charge in [-0.15, -0.1) is 0 Å². The molecule has 1 spiro atoms. The Morgan fingerprint density at radius 3 is 2.44 bits per heavy atom. The molecule has 0 saturated carbocycles. The Bertz CT molecular complexity index is 458. The van der Waals surface area contributed by atoms with Gasteiger partial charge in [0, 0.05) is 25.7 Å². The number of benzene rings is 1. The van der Waals surface area contributed by atoms with E-state index in [2.05, 4.69) is 18.0 Å². The maximum absolute atomic E-state index is 12.2. The van der Waals surface area contributed by atoms with Crippen molar-refractivity contribution in [1.29, 1.82) is 0 Å². The van der Waals surface area contributed by atoms with Crippen molar-refractivity contribution >= 4 is 5.91 Å². The molecule has 1 aromatic carbocycles. The van der Waals surface area contributed by atoms with E-state index in [0.717, 1.165) is 25.1 Å². The van der Waals surface area contributed by atoms with Crippen molar-refractivity contribution in [3.63, 3.8) is 0 Å². The molecule has 2 heterocycles. The largest absolute Gasteiger partial charge is 0.331 e. The maximum Gasteiger partial charge on any atom is 0.254 e. The number of fused-ring (bicyclic) bond motifs is 2. The first-order valence-corrected chi connectivity index (χ1v) is 6.71. The van der Waals surface area contributed by atoms with Crippen molar-refractivity contribution in [2.75, 3.05) is 27.2 Å². The zero-order valence-corrected chi connectivity index (χ0v) is 11.7. The van der Waals surface area contributed by atoms with Gasteiger partial charge in [-0.1, -0.05) is 32.0 Å². The van der Waals surface area contributed by atoms with Crippen LogP contribution in [-0.4, -0.2) is 42.9 Å². The summed E-state index contributed by atoms with van der Waals surface area (Å²) in [7, 11) is 4.05. The third-order valence-corrected chi connectivity index (χ3v) is 4.04. The molecule has 2 aliphatic rings. The summed E-state index contributed by atoms with van der Waals surface area (Å²) in [6.07, 6.45) is 1.04. The summed E-state index contributed by atoms with van der Waals surface area (Å²) in [5, 5.41) is 0. The Kier molecular flexibility index (Phi) is 3.44. The van der Waals surface area contributed by atoms with Crippen molar-refractivity contribution in [3.8, 4) is 0 Å². The summed E-state index contributed by atoms with van der Waals surface area (Å²) >= 11 is 0. The summed E-state index contributed by atoms with van der Waals surface area (Å²) < 4.78 is 0. The molecule has 2 aliphatic heterocycles. The van der Waals surface area contributed by atoms with Gasteiger partial charge in [0.05, 0.1) is 5.54 Å². The summed E-state index contributed by atoms with van der Waals surface area (Å²) in [5.41, 5.74) is 2.04. The Hall–Kier alpha value is -1.35. The second-order valence-corrected chi connectivity index (χ2v) is 4.93. The molecule has 1 amide bonds. The SMILES string of the molecule is CC.CN1CCC2(C1)c1ccccc1C(=O)N2C. The first kappa shape index (κ1) is 13.1. The molecule has 0 bridgehead atoms. The first-order chi connectivity index (χ1) is 8.65. The highest BCUT2D eigenvalue weighted by Gasteiger charge is 2.50. The monoisotopic (exact) mass is 246 g/mol. The highest BCUT2D eigenvalue weighted by atomic mass is 16.2. The number of hydrogen-bond acceptors (Lipinski definition) is 2. The van der Waals surface area contributed by atoms with Gasteiger partial charge in [-0.25, -0.2) is 0 Å². The molecule has 0 aromatic heterocycles. The molecule has 1 fully saturated rings. The molecule has 1 unspecified atom stereocenters. The predicted octanol–water partition coefficient (Wildman–Crippen LogP) is 2.33. The number of likely N-dealkylation sites (tertiary alicyclic amines) is 1. The van der Waals surface area contributed by atoms with E-state index in [1.54, 1.807) is 0 Å². The van der Waals surface area contributed by atoms with Crippen LogP contribution < -0.4 is 0 Å². The molecule has 3 heteroatoms. The number of likely N-dealkylation sites (N-methyl/N-ethyl adjacent to an activating group) is 2. The molecular weight excluding hydrogens is 224 g/mol. The Morgan fingerprint density at radius 2 is 1.83 bits per heavy atom. The zero-order chi connectivity index (χ0) is 13.3. The lowest BCUT2D eigenvalue weighted by atomic mass is 9.89. The van der Waals surface area contributed by atoms with Crippen LogP contribution in [0.3, 0.4) is 0 Å². The molecule has 3 nitrogen and oxygen atoms in total. The van der Waals surface area contributed by atoms with E-state index in [9.17, 15) is 4.79 Å². The van der Waals surface area contributed by atoms with E-state index in [1.807, 2.05) is 44.0 Å². The molecule has 1 atom stereocenters. The predicted molar refractivity (Wildman–Crippen MR) is 73.7 cm³/mol. The minimum atomic E-state index is -0.0670. The fourth-order valence-corrected chi connectivity index (χ4v) is 3.11. The van der Waals surface area contributed by atoms with E-state index in [0.29, 0.717) is 0 Å². The quantitative estimate of drug-likeness (QED) is 0.701. The second-order valence-electron chi connectivity index (χ2n) is 4.93. The normalized spacial score (nSPS) is 26.2. The number of carbonyl (C=O) groups excluding carboxylic acids is 1. The minimum absolute atomic E-state index is 0.0670. The summed E-state index contributed by atoms with van der Waals surface area (Å²) in [4.78, 5) is 16.4. The highest BCUT2D eigenvalue weighted by Crippen LogP contribution is 2.43. The minimum Gasteiger partial charge on any atom is -0.331 e.